The zero-order chi connectivity index (χ0) is 28.6. The van der Waals surface area contributed by atoms with E-state index in [1.807, 2.05) is 24.3 Å². The molecule has 4 aromatic carbocycles. The topological polar surface area (TPSA) is 106 Å². The number of hydrogen-bond donors (Lipinski definition) is 2. The fourth-order valence-electron chi connectivity index (χ4n) is 5.09. The van der Waals surface area contributed by atoms with Crippen LogP contribution >= 0.6 is 11.3 Å². The van der Waals surface area contributed by atoms with Gasteiger partial charge in [0, 0.05) is 11.6 Å². The first kappa shape index (κ1) is 27.1. The van der Waals surface area contributed by atoms with Gasteiger partial charge in [-0.2, -0.15) is 0 Å². The number of hydrogen-bond acceptors (Lipinski definition) is 7. The summed E-state index contributed by atoms with van der Waals surface area (Å²) in [6, 6.07) is 24.6. The van der Waals surface area contributed by atoms with E-state index in [1.54, 1.807) is 42.5 Å². The van der Waals surface area contributed by atoms with Gasteiger partial charge in [-0.25, -0.2) is 22.5 Å². The molecule has 208 valence electrons. The van der Waals surface area contributed by atoms with Crippen LogP contribution in [-0.2, 0) is 29.5 Å². The number of halogens is 1. The Labute approximate surface area is 240 Å². The zero-order valence-electron chi connectivity index (χ0n) is 21.7. The molecule has 6 rings (SSSR count). The molecule has 5 aromatic rings. The van der Waals surface area contributed by atoms with Crippen LogP contribution < -0.4 is 9.46 Å². The van der Waals surface area contributed by atoms with Crippen LogP contribution in [0, 0.1) is 11.7 Å². The normalized spacial score (nSPS) is 16.4. The average molecular weight is 589 g/mol. The van der Waals surface area contributed by atoms with E-state index in [9.17, 15) is 22.7 Å². The fraction of sp³-hybridized carbons (Fsp3) is 0.161. The number of carbonyl (C=O) groups excluding carboxylic acids is 1. The lowest BCUT2D eigenvalue weighted by Gasteiger charge is -2.16. The molecule has 1 heterocycles. The molecule has 0 fully saturated rings. The van der Waals surface area contributed by atoms with Crippen LogP contribution in [0.2, 0.25) is 0 Å². The van der Waals surface area contributed by atoms with E-state index in [2.05, 4.69) is 9.71 Å². The lowest BCUT2D eigenvalue weighted by molar-refractivity contribution is 0.0981. The molecule has 0 spiro atoms. The Bertz CT molecular complexity index is 1860. The van der Waals surface area contributed by atoms with Gasteiger partial charge in [0.1, 0.15) is 23.2 Å². The van der Waals surface area contributed by atoms with Crippen LogP contribution in [0.1, 0.15) is 38.2 Å². The molecular formula is C31H25FN2O5S2. The highest BCUT2D eigenvalue weighted by Gasteiger charge is 2.31. The minimum atomic E-state index is -3.99. The maximum absolute atomic E-state index is 13.5. The van der Waals surface area contributed by atoms with E-state index in [0.717, 1.165) is 26.4 Å². The molecule has 1 aliphatic carbocycles. The molecule has 2 N–H and O–H groups in total. The van der Waals surface area contributed by atoms with Gasteiger partial charge in [-0.1, -0.05) is 36.4 Å². The number of thiazole rings is 1. The Balaban J connectivity index is 1.11. The number of aliphatic hydroxyl groups is 1. The van der Waals surface area contributed by atoms with Crippen molar-refractivity contribution in [3.05, 3.63) is 124 Å². The monoisotopic (exact) mass is 588 g/mol. The van der Waals surface area contributed by atoms with Crippen molar-refractivity contribution in [2.75, 3.05) is 0 Å². The van der Waals surface area contributed by atoms with E-state index in [4.69, 9.17) is 4.74 Å². The summed E-state index contributed by atoms with van der Waals surface area (Å²) in [7, 11) is -3.99. The standard InChI is InChI=1S/C31H25FN2O5S2/c32-23-10-12-28-27(16-23)33-29(40-28)18-39-24-11-9-20-15-22(30(35)26(20)17-24)14-19-5-4-6-21(13-19)31(36)34-41(37,38)25-7-2-1-3-8-25/h1-13,16-17,22,30,35H,14-15,18H2,(H,34,36)/t22-,30-/m0/s1. The van der Waals surface area contributed by atoms with Crippen LogP contribution in [-0.4, -0.2) is 24.4 Å². The number of aliphatic hydroxyl groups excluding tert-OH is 1. The first-order valence-corrected chi connectivity index (χ1v) is 15.2. The number of fused-ring (bicyclic) bond motifs is 2. The van der Waals surface area contributed by atoms with Crippen LogP contribution in [0.4, 0.5) is 4.39 Å². The Kier molecular flexibility index (Phi) is 7.29. The summed E-state index contributed by atoms with van der Waals surface area (Å²) in [5.74, 6) is -0.563. The summed E-state index contributed by atoms with van der Waals surface area (Å²) in [5.41, 5.74) is 3.45. The number of ether oxygens (including phenoxy) is 1. The van der Waals surface area contributed by atoms with E-state index in [-0.39, 0.29) is 28.8 Å². The molecule has 0 saturated heterocycles. The van der Waals surface area contributed by atoms with Crippen molar-refractivity contribution in [1.82, 2.24) is 9.71 Å². The highest BCUT2D eigenvalue weighted by molar-refractivity contribution is 7.90. The van der Waals surface area contributed by atoms with E-state index in [0.29, 0.717) is 24.1 Å². The number of carbonyl (C=O) groups is 1. The Morgan fingerprint density at radius 3 is 2.68 bits per heavy atom. The highest BCUT2D eigenvalue weighted by Crippen LogP contribution is 2.40. The first-order chi connectivity index (χ1) is 19.7. The van der Waals surface area contributed by atoms with Crippen molar-refractivity contribution < 1.29 is 27.4 Å². The Hall–Kier alpha value is -4.12. The largest absolute Gasteiger partial charge is 0.486 e. The van der Waals surface area contributed by atoms with Gasteiger partial charge in [0.05, 0.1) is 21.2 Å². The van der Waals surface area contributed by atoms with Crippen LogP contribution in [0.3, 0.4) is 0 Å². The second-order valence-corrected chi connectivity index (χ2v) is 12.7. The lowest BCUT2D eigenvalue weighted by Crippen LogP contribution is -2.30. The Morgan fingerprint density at radius 1 is 1.02 bits per heavy atom. The minimum Gasteiger partial charge on any atom is -0.486 e. The van der Waals surface area contributed by atoms with Gasteiger partial charge in [-0.15, -0.1) is 11.3 Å². The van der Waals surface area contributed by atoms with Gasteiger partial charge in [0.2, 0.25) is 0 Å². The third-order valence-electron chi connectivity index (χ3n) is 7.09. The fourth-order valence-corrected chi connectivity index (χ4v) is 6.95. The second-order valence-electron chi connectivity index (χ2n) is 9.93. The summed E-state index contributed by atoms with van der Waals surface area (Å²) in [4.78, 5) is 17.2. The number of sulfonamides is 1. The molecule has 0 aliphatic heterocycles. The third kappa shape index (κ3) is 5.85. The molecule has 41 heavy (non-hydrogen) atoms. The predicted octanol–water partition coefficient (Wildman–Crippen LogP) is 5.58. The maximum Gasteiger partial charge on any atom is 0.265 e. The third-order valence-corrected chi connectivity index (χ3v) is 9.45. The molecule has 0 saturated carbocycles. The lowest BCUT2D eigenvalue weighted by atomic mass is 9.94. The second kappa shape index (κ2) is 11.0. The van der Waals surface area contributed by atoms with Crippen LogP contribution in [0.25, 0.3) is 10.2 Å². The molecule has 7 nitrogen and oxygen atoms in total. The SMILES string of the molecule is O=C(NS(=O)(=O)c1ccccc1)c1cccc(C[C@H]2Cc3ccc(OCc4nc5cc(F)ccc5s4)cc3[C@H]2O)c1. The molecule has 1 amide bonds. The van der Waals surface area contributed by atoms with Gasteiger partial charge in [0.25, 0.3) is 15.9 Å². The van der Waals surface area contributed by atoms with Crippen molar-refractivity contribution in [1.29, 1.82) is 0 Å². The van der Waals surface area contributed by atoms with Gasteiger partial charge in [-0.3, -0.25) is 4.79 Å². The van der Waals surface area contributed by atoms with E-state index in [1.165, 1.54) is 35.6 Å². The molecule has 0 radical (unpaired) electrons. The zero-order valence-corrected chi connectivity index (χ0v) is 23.3. The molecule has 1 aromatic heterocycles. The number of nitrogens with zero attached hydrogens (tertiary/aromatic N) is 1. The molecule has 2 atom stereocenters. The van der Waals surface area contributed by atoms with Gasteiger partial charge < -0.3 is 9.84 Å². The summed E-state index contributed by atoms with van der Waals surface area (Å²) < 4.78 is 47.6. The van der Waals surface area contributed by atoms with Crippen LogP contribution in [0.5, 0.6) is 5.75 Å². The first-order valence-electron chi connectivity index (χ1n) is 12.9. The van der Waals surface area contributed by atoms with Crippen molar-refractivity contribution in [2.24, 2.45) is 5.92 Å². The maximum atomic E-state index is 13.5. The molecule has 1 aliphatic rings. The van der Waals surface area contributed by atoms with Crippen molar-refractivity contribution in [2.45, 2.75) is 30.4 Å². The summed E-state index contributed by atoms with van der Waals surface area (Å²) in [6.45, 7) is 0.230. The summed E-state index contributed by atoms with van der Waals surface area (Å²) in [5, 5.41) is 11.9. The number of amides is 1. The minimum absolute atomic E-state index is 0.00941. The molecule has 0 unspecified atom stereocenters. The summed E-state index contributed by atoms with van der Waals surface area (Å²) >= 11 is 1.44. The molecule has 0 bridgehead atoms. The molecular weight excluding hydrogens is 563 g/mol. The van der Waals surface area contributed by atoms with Crippen molar-refractivity contribution in [3.63, 3.8) is 0 Å². The molecule has 10 heteroatoms. The van der Waals surface area contributed by atoms with Crippen molar-refractivity contribution in [3.8, 4) is 5.75 Å². The number of rotatable bonds is 8. The summed E-state index contributed by atoms with van der Waals surface area (Å²) in [6.07, 6.45) is 0.426. The number of aromatic nitrogens is 1. The number of nitrogens with one attached hydrogen (secondary N) is 1. The number of benzene rings is 4. The Morgan fingerprint density at radius 2 is 1.85 bits per heavy atom. The van der Waals surface area contributed by atoms with Gasteiger partial charge >= 0.3 is 0 Å². The smallest absolute Gasteiger partial charge is 0.265 e. The van der Waals surface area contributed by atoms with E-state index < -0.39 is 22.0 Å². The quantitative estimate of drug-likeness (QED) is 0.245. The predicted molar refractivity (Wildman–Crippen MR) is 154 cm³/mol. The van der Waals surface area contributed by atoms with Crippen molar-refractivity contribution >= 4 is 37.5 Å². The average Bonchev–Trinajstić information content (AvgIpc) is 3.51. The van der Waals surface area contributed by atoms with Crippen LogP contribution in [0.15, 0.2) is 95.9 Å². The van der Waals surface area contributed by atoms with E-state index >= 15 is 0 Å². The highest BCUT2D eigenvalue weighted by atomic mass is 32.2. The van der Waals surface area contributed by atoms with Gasteiger partial charge in [-0.05, 0) is 84.0 Å². The van der Waals surface area contributed by atoms with Gasteiger partial charge in [0.15, 0.2) is 0 Å².